The fourth-order valence-corrected chi connectivity index (χ4v) is 1.62. The summed E-state index contributed by atoms with van der Waals surface area (Å²) in [6.07, 6.45) is 2.58. The number of carbonyl (C=O) groups is 1. The second-order valence-corrected chi connectivity index (χ2v) is 3.74. The van der Waals surface area contributed by atoms with Crippen molar-refractivity contribution in [3.8, 4) is 0 Å². The first-order chi connectivity index (χ1) is 8.22. The van der Waals surface area contributed by atoms with Gasteiger partial charge in [0.25, 0.3) is 0 Å². The molecule has 0 saturated heterocycles. The highest BCUT2D eigenvalue weighted by molar-refractivity contribution is 5.80. The summed E-state index contributed by atoms with van der Waals surface area (Å²) in [7, 11) is 1.61. The molecule has 0 aliphatic rings. The van der Waals surface area contributed by atoms with E-state index < -0.39 is 0 Å². The zero-order valence-corrected chi connectivity index (χ0v) is 10.3. The van der Waals surface area contributed by atoms with E-state index in [4.69, 9.17) is 0 Å². The number of hydrogen-bond acceptors (Lipinski definition) is 4. The number of amides is 1. The predicted molar refractivity (Wildman–Crippen MR) is 66.7 cm³/mol. The Morgan fingerprint density at radius 1 is 1.59 bits per heavy atom. The predicted octanol–water partition coefficient (Wildman–Crippen LogP) is 0.536. The summed E-state index contributed by atoms with van der Waals surface area (Å²) in [4.78, 5) is 17.5. The number of likely N-dealkylation sites (N-methyl/N-ethyl adjacent to an activating group) is 1. The number of anilines is 1. The average molecular weight is 237 g/mol. The van der Waals surface area contributed by atoms with E-state index in [-0.39, 0.29) is 19.1 Å². The summed E-state index contributed by atoms with van der Waals surface area (Å²) in [6, 6.07) is 3.59. The summed E-state index contributed by atoms with van der Waals surface area (Å²) in [6.45, 7) is 2.96. The van der Waals surface area contributed by atoms with Crippen LogP contribution < -0.4 is 10.2 Å². The summed E-state index contributed by atoms with van der Waals surface area (Å²) in [5.41, 5.74) is 0.741. The SMILES string of the molecule is CCCN(CC(=O)NC)c1ncccc1CO. The van der Waals surface area contributed by atoms with Gasteiger partial charge in [-0.05, 0) is 12.5 Å². The van der Waals surface area contributed by atoms with Crippen LogP contribution in [0, 0.1) is 0 Å². The van der Waals surface area contributed by atoms with Crippen molar-refractivity contribution >= 4 is 11.7 Å². The van der Waals surface area contributed by atoms with Crippen molar-refractivity contribution in [2.75, 3.05) is 25.0 Å². The Morgan fingerprint density at radius 3 is 2.94 bits per heavy atom. The van der Waals surface area contributed by atoms with Crippen LogP contribution in [0.1, 0.15) is 18.9 Å². The highest BCUT2D eigenvalue weighted by Crippen LogP contribution is 2.17. The van der Waals surface area contributed by atoms with E-state index in [2.05, 4.69) is 10.3 Å². The van der Waals surface area contributed by atoms with Crippen molar-refractivity contribution in [2.24, 2.45) is 0 Å². The molecule has 0 radical (unpaired) electrons. The molecule has 0 saturated carbocycles. The third-order valence-electron chi connectivity index (χ3n) is 2.44. The van der Waals surface area contributed by atoms with Gasteiger partial charge in [0.15, 0.2) is 0 Å². The minimum Gasteiger partial charge on any atom is -0.392 e. The van der Waals surface area contributed by atoms with Gasteiger partial charge < -0.3 is 15.3 Å². The standard InChI is InChI=1S/C12H19N3O2/c1-3-7-15(8-11(17)13-2)12-10(9-16)5-4-6-14-12/h4-6,16H,3,7-9H2,1-2H3,(H,13,17). The second kappa shape index (κ2) is 6.85. The van der Waals surface area contributed by atoms with Gasteiger partial charge >= 0.3 is 0 Å². The van der Waals surface area contributed by atoms with Gasteiger partial charge in [0.05, 0.1) is 13.2 Å². The highest BCUT2D eigenvalue weighted by Gasteiger charge is 2.14. The molecule has 5 heteroatoms. The van der Waals surface area contributed by atoms with Crippen molar-refractivity contribution in [3.63, 3.8) is 0 Å². The molecule has 17 heavy (non-hydrogen) atoms. The smallest absolute Gasteiger partial charge is 0.239 e. The molecule has 1 aromatic heterocycles. The Labute approximate surface area is 101 Å². The second-order valence-electron chi connectivity index (χ2n) is 3.74. The minimum absolute atomic E-state index is 0.0620. The highest BCUT2D eigenvalue weighted by atomic mass is 16.3. The van der Waals surface area contributed by atoms with Crippen LogP contribution in [0.25, 0.3) is 0 Å². The first-order valence-electron chi connectivity index (χ1n) is 5.73. The van der Waals surface area contributed by atoms with Gasteiger partial charge in [-0.3, -0.25) is 4.79 Å². The maximum absolute atomic E-state index is 11.4. The molecule has 0 bridgehead atoms. The van der Waals surface area contributed by atoms with Gasteiger partial charge in [-0.2, -0.15) is 0 Å². The molecule has 0 fully saturated rings. The van der Waals surface area contributed by atoms with Crippen molar-refractivity contribution in [2.45, 2.75) is 20.0 Å². The van der Waals surface area contributed by atoms with E-state index in [0.717, 1.165) is 18.5 Å². The van der Waals surface area contributed by atoms with E-state index in [1.54, 1.807) is 19.3 Å². The maximum atomic E-state index is 11.4. The molecule has 1 rings (SSSR count). The van der Waals surface area contributed by atoms with Crippen molar-refractivity contribution in [3.05, 3.63) is 23.9 Å². The topological polar surface area (TPSA) is 65.5 Å². The van der Waals surface area contributed by atoms with Crippen molar-refractivity contribution in [1.29, 1.82) is 0 Å². The van der Waals surface area contributed by atoms with Gasteiger partial charge in [-0.25, -0.2) is 4.98 Å². The van der Waals surface area contributed by atoms with Crippen LogP contribution in [0.3, 0.4) is 0 Å². The first kappa shape index (κ1) is 13.4. The molecule has 0 aliphatic heterocycles. The van der Waals surface area contributed by atoms with Gasteiger partial charge in [-0.15, -0.1) is 0 Å². The Balaban J connectivity index is 2.91. The van der Waals surface area contributed by atoms with Crippen LogP contribution in [0.4, 0.5) is 5.82 Å². The number of carbonyl (C=O) groups excluding carboxylic acids is 1. The normalized spacial score (nSPS) is 10.1. The molecule has 0 spiro atoms. The molecule has 94 valence electrons. The lowest BCUT2D eigenvalue weighted by Crippen LogP contribution is -2.37. The van der Waals surface area contributed by atoms with Crippen LogP contribution in [0.2, 0.25) is 0 Å². The molecule has 0 unspecified atom stereocenters. The monoisotopic (exact) mass is 237 g/mol. The summed E-state index contributed by atoms with van der Waals surface area (Å²) >= 11 is 0. The molecule has 1 heterocycles. The quantitative estimate of drug-likeness (QED) is 0.757. The zero-order chi connectivity index (χ0) is 12.7. The number of rotatable bonds is 6. The van der Waals surface area contributed by atoms with E-state index in [0.29, 0.717) is 5.82 Å². The van der Waals surface area contributed by atoms with Crippen LogP contribution >= 0.6 is 0 Å². The third-order valence-corrected chi connectivity index (χ3v) is 2.44. The summed E-state index contributed by atoms with van der Waals surface area (Å²) in [5.74, 6) is 0.619. The van der Waals surface area contributed by atoms with Gasteiger partial charge in [-0.1, -0.05) is 13.0 Å². The fraction of sp³-hybridized carbons (Fsp3) is 0.500. The Kier molecular flexibility index (Phi) is 5.42. The molecule has 0 aromatic carbocycles. The number of aliphatic hydroxyl groups excluding tert-OH is 1. The molecular formula is C12H19N3O2. The van der Waals surface area contributed by atoms with E-state index >= 15 is 0 Å². The summed E-state index contributed by atoms with van der Waals surface area (Å²) < 4.78 is 0. The summed E-state index contributed by atoms with van der Waals surface area (Å²) in [5, 5.41) is 11.8. The largest absolute Gasteiger partial charge is 0.392 e. The average Bonchev–Trinajstić information content (AvgIpc) is 2.38. The Hall–Kier alpha value is -1.62. The number of hydrogen-bond donors (Lipinski definition) is 2. The molecule has 2 N–H and O–H groups in total. The molecule has 0 atom stereocenters. The van der Waals surface area contributed by atoms with E-state index in [1.165, 1.54) is 0 Å². The van der Waals surface area contributed by atoms with Crippen molar-refractivity contribution in [1.82, 2.24) is 10.3 Å². The third kappa shape index (κ3) is 3.71. The minimum atomic E-state index is -0.0723. The number of nitrogens with zero attached hydrogens (tertiary/aromatic N) is 2. The molecular weight excluding hydrogens is 218 g/mol. The molecule has 0 aliphatic carbocycles. The Bertz CT molecular complexity index is 369. The molecule has 5 nitrogen and oxygen atoms in total. The van der Waals surface area contributed by atoms with Crippen LogP contribution in [-0.2, 0) is 11.4 Å². The first-order valence-corrected chi connectivity index (χ1v) is 5.73. The van der Waals surface area contributed by atoms with Crippen LogP contribution in [0.15, 0.2) is 18.3 Å². The van der Waals surface area contributed by atoms with Crippen molar-refractivity contribution < 1.29 is 9.90 Å². The van der Waals surface area contributed by atoms with E-state index in [9.17, 15) is 9.90 Å². The number of aromatic nitrogens is 1. The zero-order valence-electron chi connectivity index (χ0n) is 10.3. The van der Waals surface area contributed by atoms with Crippen LogP contribution in [-0.4, -0.2) is 36.1 Å². The van der Waals surface area contributed by atoms with E-state index in [1.807, 2.05) is 17.9 Å². The molecule has 1 aromatic rings. The Morgan fingerprint density at radius 2 is 2.35 bits per heavy atom. The number of nitrogens with one attached hydrogen (secondary N) is 1. The lowest BCUT2D eigenvalue weighted by molar-refractivity contribution is -0.119. The van der Waals surface area contributed by atoms with Gasteiger partial charge in [0.1, 0.15) is 5.82 Å². The molecule has 1 amide bonds. The fourth-order valence-electron chi connectivity index (χ4n) is 1.62. The lowest BCUT2D eigenvalue weighted by Gasteiger charge is -2.24. The van der Waals surface area contributed by atoms with Crippen LogP contribution in [0.5, 0.6) is 0 Å². The number of aliphatic hydroxyl groups is 1. The lowest BCUT2D eigenvalue weighted by atomic mass is 10.2. The number of pyridine rings is 1. The van der Waals surface area contributed by atoms with Gasteiger partial charge in [0, 0.05) is 25.4 Å². The van der Waals surface area contributed by atoms with Gasteiger partial charge in [0.2, 0.25) is 5.91 Å². The maximum Gasteiger partial charge on any atom is 0.239 e.